The van der Waals surface area contributed by atoms with E-state index in [4.69, 9.17) is 21.1 Å². The molecule has 0 aliphatic rings. The zero-order chi connectivity index (χ0) is 15.2. The van der Waals surface area contributed by atoms with E-state index in [0.29, 0.717) is 16.5 Å². The highest BCUT2D eigenvalue weighted by molar-refractivity contribution is 6.32. The Morgan fingerprint density at radius 1 is 1.29 bits per heavy atom. The molecule has 0 saturated carbocycles. The standard InChI is InChI=1S/C15H20ClN3O2/c1-19-12(5-7-18-19)4-6-17-10-11-8-13(16)15(21-3)14(9-11)20-2/h5,7-9,17H,4,6,10H2,1-3H3. The molecule has 0 bridgehead atoms. The molecule has 0 radical (unpaired) electrons. The molecule has 0 atom stereocenters. The number of ether oxygens (including phenoxy) is 2. The number of methoxy groups -OCH3 is 2. The Kier molecular flexibility index (Phi) is 5.47. The molecule has 0 aliphatic carbocycles. The van der Waals surface area contributed by atoms with Crippen LogP contribution < -0.4 is 14.8 Å². The van der Waals surface area contributed by atoms with Crippen molar-refractivity contribution in [3.05, 3.63) is 40.7 Å². The summed E-state index contributed by atoms with van der Waals surface area (Å²) in [7, 11) is 5.13. The van der Waals surface area contributed by atoms with Crippen molar-refractivity contribution in [3.63, 3.8) is 0 Å². The number of hydrogen-bond acceptors (Lipinski definition) is 4. The van der Waals surface area contributed by atoms with Gasteiger partial charge in [-0.2, -0.15) is 5.10 Å². The molecule has 1 N–H and O–H groups in total. The van der Waals surface area contributed by atoms with E-state index in [9.17, 15) is 0 Å². The summed E-state index contributed by atoms with van der Waals surface area (Å²) < 4.78 is 12.4. The van der Waals surface area contributed by atoms with Crippen molar-refractivity contribution in [3.8, 4) is 11.5 Å². The molecule has 1 aromatic heterocycles. The second-order valence-corrected chi connectivity index (χ2v) is 5.09. The first-order valence-corrected chi connectivity index (χ1v) is 7.11. The molecule has 0 amide bonds. The normalized spacial score (nSPS) is 10.7. The van der Waals surface area contributed by atoms with Gasteiger partial charge in [0.2, 0.25) is 0 Å². The molecule has 2 aromatic rings. The van der Waals surface area contributed by atoms with Gasteiger partial charge in [0.1, 0.15) is 0 Å². The zero-order valence-corrected chi connectivity index (χ0v) is 13.3. The molecule has 0 spiro atoms. The number of halogens is 1. The maximum atomic E-state index is 6.18. The smallest absolute Gasteiger partial charge is 0.179 e. The molecular formula is C15H20ClN3O2. The fourth-order valence-electron chi connectivity index (χ4n) is 2.17. The maximum Gasteiger partial charge on any atom is 0.179 e. The molecule has 2 rings (SSSR count). The summed E-state index contributed by atoms with van der Waals surface area (Å²) in [5, 5.41) is 8.09. The largest absolute Gasteiger partial charge is 0.493 e. The number of nitrogens with zero attached hydrogens (tertiary/aromatic N) is 2. The van der Waals surface area contributed by atoms with Crippen LogP contribution in [0.4, 0.5) is 0 Å². The van der Waals surface area contributed by atoms with E-state index >= 15 is 0 Å². The Labute approximate surface area is 129 Å². The third-order valence-electron chi connectivity index (χ3n) is 3.30. The number of rotatable bonds is 7. The summed E-state index contributed by atoms with van der Waals surface area (Å²) in [5.74, 6) is 1.21. The minimum Gasteiger partial charge on any atom is -0.493 e. The van der Waals surface area contributed by atoms with Crippen LogP contribution in [0.2, 0.25) is 5.02 Å². The summed E-state index contributed by atoms with van der Waals surface area (Å²) in [4.78, 5) is 0. The Morgan fingerprint density at radius 2 is 2.10 bits per heavy atom. The highest BCUT2D eigenvalue weighted by Gasteiger charge is 2.10. The Bertz CT molecular complexity index is 599. The second-order valence-electron chi connectivity index (χ2n) is 4.69. The lowest BCUT2D eigenvalue weighted by molar-refractivity contribution is 0.354. The molecule has 114 valence electrons. The maximum absolute atomic E-state index is 6.18. The van der Waals surface area contributed by atoms with E-state index in [2.05, 4.69) is 10.4 Å². The van der Waals surface area contributed by atoms with Gasteiger partial charge < -0.3 is 14.8 Å². The lowest BCUT2D eigenvalue weighted by Gasteiger charge is -2.12. The van der Waals surface area contributed by atoms with Crippen molar-refractivity contribution >= 4 is 11.6 Å². The van der Waals surface area contributed by atoms with Gasteiger partial charge in [-0.15, -0.1) is 0 Å². The monoisotopic (exact) mass is 309 g/mol. The van der Waals surface area contributed by atoms with Crippen molar-refractivity contribution in [1.82, 2.24) is 15.1 Å². The van der Waals surface area contributed by atoms with Gasteiger partial charge in [0.25, 0.3) is 0 Å². The average Bonchev–Trinajstić information content (AvgIpc) is 2.88. The van der Waals surface area contributed by atoms with Crippen LogP contribution >= 0.6 is 11.6 Å². The molecule has 21 heavy (non-hydrogen) atoms. The SMILES string of the molecule is COc1cc(CNCCc2ccnn2C)cc(Cl)c1OC. The third-order valence-corrected chi connectivity index (χ3v) is 3.58. The first-order valence-electron chi connectivity index (χ1n) is 6.73. The van der Waals surface area contributed by atoms with Crippen molar-refractivity contribution in [2.24, 2.45) is 7.05 Å². The molecule has 0 saturated heterocycles. The third kappa shape index (κ3) is 3.89. The van der Waals surface area contributed by atoms with Gasteiger partial charge >= 0.3 is 0 Å². The quantitative estimate of drug-likeness (QED) is 0.798. The van der Waals surface area contributed by atoms with Crippen LogP contribution in [-0.2, 0) is 20.0 Å². The van der Waals surface area contributed by atoms with Gasteiger partial charge in [-0.1, -0.05) is 11.6 Å². The molecule has 1 heterocycles. The number of nitrogens with one attached hydrogen (secondary N) is 1. The van der Waals surface area contributed by atoms with Crippen LogP contribution in [0, 0.1) is 0 Å². The van der Waals surface area contributed by atoms with E-state index in [-0.39, 0.29) is 0 Å². The first kappa shape index (κ1) is 15.7. The lowest BCUT2D eigenvalue weighted by atomic mass is 10.2. The van der Waals surface area contributed by atoms with E-state index < -0.39 is 0 Å². The van der Waals surface area contributed by atoms with Gasteiger partial charge in [-0.3, -0.25) is 4.68 Å². The number of aryl methyl sites for hydroxylation is 1. The predicted octanol–water partition coefficient (Wildman–Crippen LogP) is 2.42. The minimum absolute atomic E-state index is 0.556. The molecule has 1 aromatic carbocycles. The van der Waals surface area contributed by atoms with Gasteiger partial charge in [0.15, 0.2) is 11.5 Å². The van der Waals surface area contributed by atoms with Crippen molar-refractivity contribution in [1.29, 1.82) is 0 Å². The predicted molar refractivity (Wildman–Crippen MR) is 83.2 cm³/mol. The van der Waals surface area contributed by atoms with Crippen molar-refractivity contribution < 1.29 is 9.47 Å². The van der Waals surface area contributed by atoms with Gasteiger partial charge in [-0.25, -0.2) is 0 Å². The molecule has 0 unspecified atom stereocenters. The molecular weight excluding hydrogens is 290 g/mol. The second kappa shape index (κ2) is 7.33. The fourth-order valence-corrected chi connectivity index (χ4v) is 2.48. The van der Waals surface area contributed by atoms with Gasteiger partial charge in [0.05, 0.1) is 19.2 Å². The van der Waals surface area contributed by atoms with Gasteiger partial charge in [0, 0.05) is 38.4 Å². The molecule has 0 aliphatic heterocycles. The average molecular weight is 310 g/mol. The van der Waals surface area contributed by atoms with Crippen LogP contribution in [0.5, 0.6) is 11.5 Å². The number of aromatic nitrogens is 2. The van der Waals surface area contributed by atoms with E-state index in [1.807, 2.05) is 36.1 Å². The lowest BCUT2D eigenvalue weighted by Crippen LogP contribution is -2.18. The number of benzene rings is 1. The number of hydrogen-bond donors (Lipinski definition) is 1. The summed E-state index contributed by atoms with van der Waals surface area (Å²) in [6.45, 7) is 1.59. The van der Waals surface area contributed by atoms with Crippen LogP contribution in [0.25, 0.3) is 0 Å². The van der Waals surface area contributed by atoms with Crippen molar-refractivity contribution in [2.45, 2.75) is 13.0 Å². The summed E-state index contributed by atoms with van der Waals surface area (Å²) in [5.41, 5.74) is 2.26. The minimum atomic E-state index is 0.556. The molecule has 6 heteroatoms. The van der Waals surface area contributed by atoms with Crippen LogP contribution in [0.3, 0.4) is 0 Å². The molecule has 0 fully saturated rings. The van der Waals surface area contributed by atoms with Gasteiger partial charge in [-0.05, 0) is 23.8 Å². The topological polar surface area (TPSA) is 48.3 Å². The van der Waals surface area contributed by atoms with Crippen LogP contribution in [0.1, 0.15) is 11.3 Å². The summed E-state index contributed by atoms with van der Waals surface area (Å²) >= 11 is 6.18. The highest BCUT2D eigenvalue weighted by atomic mass is 35.5. The summed E-state index contributed by atoms with van der Waals surface area (Å²) in [6, 6.07) is 5.84. The van der Waals surface area contributed by atoms with E-state index in [1.54, 1.807) is 14.2 Å². The fraction of sp³-hybridized carbons (Fsp3) is 0.400. The zero-order valence-electron chi connectivity index (χ0n) is 12.5. The van der Waals surface area contributed by atoms with Crippen LogP contribution in [0.15, 0.2) is 24.4 Å². The Balaban J connectivity index is 1.91. The Hall–Kier alpha value is -1.72. The molecule has 5 nitrogen and oxygen atoms in total. The first-order chi connectivity index (χ1) is 10.2. The van der Waals surface area contributed by atoms with E-state index in [1.165, 1.54) is 5.69 Å². The highest BCUT2D eigenvalue weighted by Crippen LogP contribution is 2.35. The van der Waals surface area contributed by atoms with Crippen molar-refractivity contribution in [2.75, 3.05) is 20.8 Å². The van der Waals surface area contributed by atoms with E-state index in [0.717, 1.165) is 25.1 Å². The Morgan fingerprint density at radius 3 is 2.71 bits per heavy atom. The van der Waals surface area contributed by atoms with Crippen LogP contribution in [-0.4, -0.2) is 30.5 Å². The summed E-state index contributed by atoms with van der Waals surface area (Å²) in [6.07, 6.45) is 2.74.